The molecule has 6 heteroatoms. The highest BCUT2D eigenvalue weighted by Crippen LogP contribution is 2.32. The van der Waals surface area contributed by atoms with Crippen molar-refractivity contribution in [1.29, 1.82) is 0 Å². The summed E-state index contributed by atoms with van der Waals surface area (Å²) < 4.78 is 29.5. The number of para-hydroxylation sites is 1. The fraction of sp³-hybridized carbons (Fsp3) is 0.235. The highest BCUT2D eigenvalue weighted by Gasteiger charge is 2.13. The van der Waals surface area contributed by atoms with E-state index < -0.39 is 5.82 Å². The van der Waals surface area contributed by atoms with Crippen LogP contribution in [0.25, 0.3) is 0 Å². The number of nitrogens with one attached hydrogen (secondary N) is 1. The van der Waals surface area contributed by atoms with Crippen molar-refractivity contribution in [3.63, 3.8) is 0 Å². The van der Waals surface area contributed by atoms with E-state index in [-0.39, 0.29) is 24.7 Å². The molecule has 0 spiro atoms. The van der Waals surface area contributed by atoms with Gasteiger partial charge in [-0.1, -0.05) is 12.1 Å². The molecule has 5 nitrogen and oxygen atoms in total. The number of hydrogen-bond acceptors (Lipinski definition) is 4. The molecule has 120 valence electrons. The summed E-state index contributed by atoms with van der Waals surface area (Å²) in [7, 11) is 0. The number of amides is 1. The predicted molar refractivity (Wildman–Crippen MR) is 82.6 cm³/mol. The molecule has 1 amide bonds. The summed E-state index contributed by atoms with van der Waals surface area (Å²) in [5.41, 5.74) is 0.616. The first kappa shape index (κ1) is 15.1. The Bertz CT molecular complexity index is 705. The molecule has 1 N–H and O–H groups in total. The Hall–Kier alpha value is -2.76. The van der Waals surface area contributed by atoms with E-state index in [1.54, 1.807) is 30.3 Å². The van der Waals surface area contributed by atoms with Crippen LogP contribution in [0.1, 0.15) is 6.42 Å². The van der Waals surface area contributed by atoms with Crippen LogP contribution in [-0.2, 0) is 4.79 Å². The Morgan fingerprint density at radius 3 is 2.74 bits per heavy atom. The first-order valence-electron chi connectivity index (χ1n) is 7.29. The van der Waals surface area contributed by atoms with E-state index >= 15 is 0 Å². The minimum atomic E-state index is -0.445. The highest BCUT2D eigenvalue weighted by molar-refractivity contribution is 5.91. The topological polar surface area (TPSA) is 56.8 Å². The Balaban J connectivity index is 1.50. The molecule has 0 saturated carbocycles. The van der Waals surface area contributed by atoms with E-state index in [0.29, 0.717) is 30.4 Å². The first-order chi connectivity index (χ1) is 11.2. The standard InChI is InChI=1S/C17H16FNO4/c18-13-3-1-2-4-14(13)21-8-7-17(20)19-12-5-6-15-16(11-12)23-10-9-22-15/h1-6,11H,7-10H2,(H,19,20). The minimum absolute atomic E-state index is 0.0946. The van der Waals surface area contributed by atoms with Crippen molar-refractivity contribution in [3.8, 4) is 17.2 Å². The van der Waals surface area contributed by atoms with Gasteiger partial charge in [-0.2, -0.15) is 0 Å². The van der Waals surface area contributed by atoms with Gasteiger partial charge in [-0.25, -0.2) is 4.39 Å². The molecule has 2 aromatic rings. The molecular formula is C17H16FNO4. The van der Waals surface area contributed by atoms with E-state index in [0.717, 1.165) is 0 Å². The van der Waals surface area contributed by atoms with E-state index in [2.05, 4.69) is 5.32 Å². The van der Waals surface area contributed by atoms with Crippen LogP contribution in [0.15, 0.2) is 42.5 Å². The second-order valence-corrected chi connectivity index (χ2v) is 4.94. The number of benzene rings is 2. The van der Waals surface area contributed by atoms with Crippen molar-refractivity contribution in [2.45, 2.75) is 6.42 Å². The average Bonchev–Trinajstić information content (AvgIpc) is 2.56. The normalized spacial score (nSPS) is 12.6. The molecule has 23 heavy (non-hydrogen) atoms. The number of ether oxygens (including phenoxy) is 3. The van der Waals surface area contributed by atoms with Gasteiger partial charge >= 0.3 is 0 Å². The molecule has 1 aliphatic heterocycles. The summed E-state index contributed by atoms with van der Waals surface area (Å²) in [5.74, 6) is 0.742. The quantitative estimate of drug-likeness (QED) is 0.921. The Kier molecular flexibility index (Phi) is 4.61. The van der Waals surface area contributed by atoms with Gasteiger partial charge in [-0.05, 0) is 24.3 Å². The smallest absolute Gasteiger partial charge is 0.227 e. The third-order valence-electron chi connectivity index (χ3n) is 3.25. The Morgan fingerprint density at radius 1 is 1.13 bits per heavy atom. The van der Waals surface area contributed by atoms with Crippen LogP contribution >= 0.6 is 0 Å². The molecule has 0 unspecified atom stereocenters. The molecule has 0 saturated heterocycles. The first-order valence-corrected chi connectivity index (χ1v) is 7.29. The minimum Gasteiger partial charge on any atom is -0.490 e. The summed E-state index contributed by atoms with van der Waals surface area (Å²) in [4.78, 5) is 11.9. The number of halogens is 1. The molecule has 3 rings (SSSR count). The Morgan fingerprint density at radius 2 is 1.91 bits per heavy atom. The maximum Gasteiger partial charge on any atom is 0.227 e. The molecular weight excluding hydrogens is 301 g/mol. The second kappa shape index (κ2) is 7.00. The lowest BCUT2D eigenvalue weighted by Crippen LogP contribution is -2.17. The average molecular weight is 317 g/mol. The predicted octanol–water partition coefficient (Wildman–Crippen LogP) is 3.00. The number of carbonyl (C=O) groups excluding carboxylic acids is 1. The zero-order chi connectivity index (χ0) is 16.1. The maximum absolute atomic E-state index is 13.4. The van der Waals surface area contributed by atoms with Crippen LogP contribution in [0.4, 0.5) is 10.1 Å². The molecule has 0 aliphatic carbocycles. The fourth-order valence-electron chi connectivity index (χ4n) is 2.16. The Labute approximate surface area is 133 Å². The molecule has 0 radical (unpaired) electrons. The molecule has 0 bridgehead atoms. The van der Waals surface area contributed by atoms with E-state index in [9.17, 15) is 9.18 Å². The molecule has 1 heterocycles. The van der Waals surface area contributed by atoms with E-state index in [4.69, 9.17) is 14.2 Å². The zero-order valence-electron chi connectivity index (χ0n) is 12.4. The van der Waals surface area contributed by atoms with Crippen molar-refractivity contribution < 1.29 is 23.4 Å². The lowest BCUT2D eigenvalue weighted by molar-refractivity contribution is -0.116. The van der Waals surface area contributed by atoms with Gasteiger partial charge in [-0.15, -0.1) is 0 Å². The summed E-state index contributed by atoms with van der Waals surface area (Å²) in [6.45, 7) is 1.10. The lowest BCUT2D eigenvalue weighted by Gasteiger charge is -2.19. The number of fused-ring (bicyclic) bond motifs is 1. The molecule has 0 fully saturated rings. The van der Waals surface area contributed by atoms with Crippen LogP contribution < -0.4 is 19.5 Å². The van der Waals surface area contributed by atoms with Crippen LogP contribution in [0.3, 0.4) is 0 Å². The number of anilines is 1. The van der Waals surface area contributed by atoms with E-state index in [1.807, 2.05) is 0 Å². The van der Waals surface area contributed by atoms with Gasteiger partial charge in [0.1, 0.15) is 13.2 Å². The maximum atomic E-state index is 13.4. The largest absolute Gasteiger partial charge is 0.490 e. The third-order valence-corrected chi connectivity index (χ3v) is 3.25. The van der Waals surface area contributed by atoms with Gasteiger partial charge < -0.3 is 19.5 Å². The van der Waals surface area contributed by atoms with Crippen molar-refractivity contribution in [1.82, 2.24) is 0 Å². The van der Waals surface area contributed by atoms with Gasteiger partial charge in [0.25, 0.3) is 0 Å². The van der Waals surface area contributed by atoms with Crippen molar-refractivity contribution in [3.05, 3.63) is 48.3 Å². The summed E-state index contributed by atoms with van der Waals surface area (Å²) >= 11 is 0. The van der Waals surface area contributed by atoms with Crippen LogP contribution in [0.2, 0.25) is 0 Å². The second-order valence-electron chi connectivity index (χ2n) is 4.94. The summed E-state index contributed by atoms with van der Waals surface area (Å²) in [5, 5.41) is 2.74. The molecule has 0 atom stereocenters. The zero-order valence-corrected chi connectivity index (χ0v) is 12.4. The van der Waals surface area contributed by atoms with Crippen LogP contribution in [0, 0.1) is 5.82 Å². The van der Waals surface area contributed by atoms with Crippen molar-refractivity contribution in [2.24, 2.45) is 0 Å². The van der Waals surface area contributed by atoms with Crippen LogP contribution in [0.5, 0.6) is 17.2 Å². The highest BCUT2D eigenvalue weighted by atomic mass is 19.1. The van der Waals surface area contributed by atoms with Gasteiger partial charge in [0, 0.05) is 11.8 Å². The third kappa shape index (κ3) is 3.91. The number of hydrogen-bond donors (Lipinski definition) is 1. The monoisotopic (exact) mass is 317 g/mol. The van der Waals surface area contributed by atoms with E-state index in [1.165, 1.54) is 12.1 Å². The number of carbonyl (C=O) groups is 1. The lowest BCUT2D eigenvalue weighted by atomic mass is 10.2. The van der Waals surface area contributed by atoms with Gasteiger partial charge in [0.05, 0.1) is 13.0 Å². The summed E-state index contributed by atoms with van der Waals surface area (Å²) in [6, 6.07) is 11.3. The SMILES string of the molecule is O=C(CCOc1ccccc1F)Nc1ccc2c(c1)OCCO2. The van der Waals surface area contributed by atoms with Gasteiger partial charge in [-0.3, -0.25) is 4.79 Å². The van der Waals surface area contributed by atoms with Crippen LogP contribution in [-0.4, -0.2) is 25.7 Å². The molecule has 1 aliphatic rings. The van der Waals surface area contributed by atoms with Crippen molar-refractivity contribution in [2.75, 3.05) is 25.1 Å². The fourth-order valence-corrected chi connectivity index (χ4v) is 2.16. The molecule has 0 aromatic heterocycles. The molecule has 2 aromatic carbocycles. The summed E-state index contributed by atoms with van der Waals surface area (Å²) in [6.07, 6.45) is 0.114. The number of rotatable bonds is 5. The van der Waals surface area contributed by atoms with Crippen molar-refractivity contribution >= 4 is 11.6 Å². The van der Waals surface area contributed by atoms with Gasteiger partial charge in [0.2, 0.25) is 5.91 Å². The van der Waals surface area contributed by atoms with Gasteiger partial charge in [0.15, 0.2) is 23.1 Å².